The topological polar surface area (TPSA) is 73.6 Å². The molecule has 0 saturated carbocycles. The Morgan fingerprint density at radius 3 is 2.53 bits per heavy atom. The number of hydrogen-bond acceptors (Lipinski definition) is 4. The number of halogens is 1. The van der Waals surface area contributed by atoms with Crippen molar-refractivity contribution in [3.05, 3.63) is 0 Å². The van der Waals surface area contributed by atoms with E-state index in [1.165, 1.54) is 0 Å². The molecular formula is C11H25ClN2O3. The summed E-state index contributed by atoms with van der Waals surface area (Å²) < 4.78 is 10.0. The van der Waals surface area contributed by atoms with Gasteiger partial charge in [-0.15, -0.1) is 12.4 Å². The highest BCUT2D eigenvalue weighted by atomic mass is 35.5. The highest BCUT2D eigenvalue weighted by Gasteiger charge is 2.26. The molecule has 0 rings (SSSR count). The zero-order valence-corrected chi connectivity index (χ0v) is 11.8. The van der Waals surface area contributed by atoms with E-state index in [1.807, 2.05) is 6.92 Å². The molecule has 0 aromatic rings. The van der Waals surface area contributed by atoms with E-state index in [0.29, 0.717) is 32.8 Å². The number of methoxy groups -OCH3 is 1. The van der Waals surface area contributed by atoms with Crippen molar-refractivity contribution in [2.45, 2.75) is 32.2 Å². The Hall–Kier alpha value is -0.360. The van der Waals surface area contributed by atoms with Gasteiger partial charge < -0.3 is 20.5 Å². The number of nitrogens with one attached hydrogen (secondary N) is 1. The van der Waals surface area contributed by atoms with Crippen molar-refractivity contribution < 1.29 is 14.3 Å². The first-order chi connectivity index (χ1) is 7.54. The van der Waals surface area contributed by atoms with E-state index >= 15 is 0 Å². The predicted molar refractivity (Wildman–Crippen MR) is 70.5 cm³/mol. The van der Waals surface area contributed by atoms with Crippen LogP contribution in [0.4, 0.5) is 0 Å². The average Bonchev–Trinajstić information content (AvgIpc) is 2.22. The summed E-state index contributed by atoms with van der Waals surface area (Å²) >= 11 is 0. The molecule has 1 amide bonds. The van der Waals surface area contributed by atoms with Crippen LogP contribution in [0.15, 0.2) is 0 Å². The Kier molecular flexibility index (Phi) is 12.0. The molecule has 0 saturated heterocycles. The van der Waals surface area contributed by atoms with Crippen molar-refractivity contribution in [1.29, 1.82) is 0 Å². The lowest BCUT2D eigenvalue weighted by molar-refractivity contribution is -0.126. The van der Waals surface area contributed by atoms with Crippen LogP contribution < -0.4 is 11.1 Å². The van der Waals surface area contributed by atoms with Gasteiger partial charge in [-0.05, 0) is 13.3 Å². The van der Waals surface area contributed by atoms with E-state index in [2.05, 4.69) is 5.32 Å². The van der Waals surface area contributed by atoms with Crippen molar-refractivity contribution >= 4 is 18.3 Å². The number of carbonyl (C=O) groups excluding carboxylic acids is 1. The molecule has 17 heavy (non-hydrogen) atoms. The molecule has 5 nitrogen and oxygen atoms in total. The lowest BCUT2D eigenvalue weighted by atomic mass is 9.97. The molecule has 104 valence electrons. The third-order valence-corrected chi connectivity index (χ3v) is 2.25. The van der Waals surface area contributed by atoms with E-state index in [1.54, 1.807) is 14.0 Å². The number of hydrogen-bond donors (Lipinski definition) is 2. The van der Waals surface area contributed by atoms with E-state index in [9.17, 15) is 4.79 Å². The first-order valence-electron chi connectivity index (χ1n) is 5.68. The summed E-state index contributed by atoms with van der Waals surface area (Å²) in [5, 5.41) is 2.75. The van der Waals surface area contributed by atoms with Crippen LogP contribution in [0.25, 0.3) is 0 Å². The highest BCUT2D eigenvalue weighted by molar-refractivity contribution is 5.85. The van der Waals surface area contributed by atoms with E-state index in [-0.39, 0.29) is 18.3 Å². The van der Waals surface area contributed by atoms with Crippen molar-refractivity contribution in [1.82, 2.24) is 5.32 Å². The van der Waals surface area contributed by atoms with Crippen LogP contribution in [0.5, 0.6) is 0 Å². The van der Waals surface area contributed by atoms with Gasteiger partial charge in [0.25, 0.3) is 0 Å². The van der Waals surface area contributed by atoms with E-state index in [0.717, 1.165) is 6.42 Å². The predicted octanol–water partition coefficient (Wildman–Crippen LogP) is 0.705. The zero-order chi connectivity index (χ0) is 12.4. The molecule has 0 aromatic carbocycles. The van der Waals surface area contributed by atoms with Crippen molar-refractivity contribution in [3.63, 3.8) is 0 Å². The van der Waals surface area contributed by atoms with Gasteiger partial charge in [0, 0.05) is 13.7 Å². The van der Waals surface area contributed by atoms with Crippen LogP contribution in [0.3, 0.4) is 0 Å². The Labute approximate surface area is 110 Å². The molecule has 0 bridgehead atoms. The fourth-order valence-corrected chi connectivity index (χ4v) is 1.32. The Morgan fingerprint density at radius 2 is 2.00 bits per heavy atom. The summed E-state index contributed by atoms with van der Waals surface area (Å²) in [5.74, 6) is -0.121. The average molecular weight is 269 g/mol. The van der Waals surface area contributed by atoms with Crippen LogP contribution >= 0.6 is 12.4 Å². The maximum absolute atomic E-state index is 11.6. The van der Waals surface area contributed by atoms with Gasteiger partial charge >= 0.3 is 0 Å². The summed E-state index contributed by atoms with van der Waals surface area (Å²) in [6, 6.07) is 0. The maximum Gasteiger partial charge on any atom is 0.239 e. The molecule has 0 aliphatic rings. The fraction of sp³-hybridized carbons (Fsp3) is 0.909. The van der Waals surface area contributed by atoms with Crippen LogP contribution in [-0.2, 0) is 14.3 Å². The van der Waals surface area contributed by atoms with Crippen LogP contribution in [0.2, 0.25) is 0 Å². The molecular weight excluding hydrogens is 244 g/mol. The van der Waals surface area contributed by atoms with Crippen LogP contribution in [0, 0.1) is 0 Å². The number of ether oxygens (including phenoxy) is 2. The van der Waals surface area contributed by atoms with Gasteiger partial charge in [-0.1, -0.05) is 13.3 Å². The largest absolute Gasteiger partial charge is 0.382 e. The molecule has 0 radical (unpaired) electrons. The third-order valence-electron chi connectivity index (χ3n) is 2.25. The summed E-state index contributed by atoms with van der Waals surface area (Å²) in [5.41, 5.74) is 5.08. The summed E-state index contributed by atoms with van der Waals surface area (Å²) in [6.07, 6.45) is 1.58. The molecule has 6 heteroatoms. The van der Waals surface area contributed by atoms with Crippen molar-refractivity contribution in [3.8, 4) is 0 Å². The Bertz CT molecular complexity index is 201. The normalized spacial score (nSPS) is 13.6. The van der Waals surface area contributed by atoms with Crippen LogP contribution in [-0.4, -0.2) is 44.9 Å². The van der Waals surface area contributed by atoms with Gasteiger partial charge in [0.15, 0.2) is 0 Å². The number of nitrogens with two attached hydrogens (primary N) is 1. The summed E-state index contributed by atoms with van der Waals surface area (Å²) in [7, 11) is 1.62. The third kappa shape index (κ3) is 9.35. The van der Waals surface area contributed by atoms with Gasteiger partial charge in [0.05, 0.1) is 25.4 Å². The van der Waals surface area contributed by atoms with Gasteiger partial charge in [0.1, 0.15) is 0 Å². The Morgan fingerprint density at radius 1 is 1.35 bits per heavy atom. The molecule has 3 N–H and O–H groups in total. The summed E-state index contributed by atoms with van der Waals surface area (Å²) in [4.78, 5) is 11.6. The minimum absolute atomic E-state index is 0. The summed E-state index contributed by atoms with van der Waals surface area (Å²) in [6.45, 7) is 5.83. The fourth-order valence-electron chi connectivity index (χ4n) is 1.32. The van der Waals surface area contributed by atoms with Crippen molar-refractivity contribution in [2.24, 2.45) is 5.73 Å². The minimum atomic E-state index is -0.777. The van der Waals surface area contributed by atoms with E-state index < -0.39 is 5.54 Å². The maximum atomic E-state index is 11.6. The molecule has 0 spiro atoms. The van der Waals surface area contributed by atoms with Gasteiger partial charge in [-0.2, -0.15) is 0 Å². The van der Waals surface area contributed by atoms with Crippen molar-refractivity contribution in [2.75, 3.05) is 33.5 Å². The first kappa shape index (κ1) is 19.0. The molecule has 1 unspecified atom stereocenters. The second-order valence-corrected chi connectivity index (χ2v) is 4.03. The lowest BCUT2D eigenvalue weighted by Gasteiger charge is -2.22. The second kappa shape index (κ2) is 10.8. The molecule has 0 aliphatic heterocycles. The molecule has 1 atom stereocenters. The number of amides is 1. The zero-order valence-electron chi connectivity index (χ0n) is 11.0. The van der Waals surface area contributed by atoms with Gasteiger partial charge in [-0.25, -0.2) is 0 Å². The quantitative estimate of drug-likeness (QED) is 0.604. The Balaban J connectivity index is 0. The highest BCUT2D eigenvalue weighted by Crippen LogP contribution is 2.07. The second-order valence-electron chi connectivity index (χ2n) is 4.03. The molecule has 0 aromatic heterocycles. The van der Waals surface area contributed by atoms with E-state index in [4.69, 9.17) is 15.2 Å². The standard InChI is InChI=1S/C11H24N2O3.ClH/c1-4-5-11(2,12)10(14)13-6-7-16-9-8-15-3;/h4-9,12H2,1-3H3,(H,13,14);1H. The van der Waals surface area contributed by atoms with Crippen LogP contribution in [0.1, 0.15) is 26.7 Å². The monoisotopic (exact) mass is 268 g/mol. The number of carbonyl (C=O) groups is 1. The molecule has 0 aliphatic carbocycles. The molecule has 0 fully saturated rings. The molecule has 0 heterocycles. The first-order valence-corrected chi connectivity index (χ1v) is 5.68. The SMILES string of the molecule is CCCC(C)(N)C(=O)NCCOCCOC.Cl. The minimum Gasteiger partial charge on any atom is -0.382 e. The van der Waals surface area contributed by atoms with Gasteiger partial charge in [-0.3, -0.25) is 4.79 Å². The number of rotatable bonds is 9. The smallest absolute Gasteiger partial charge is 0.239 e. The lowest BCUT2D eigenvalue weighted by Crippen LogP contribution is -2.52. The van der Waals surface area contributed by atoms with Gasteiger partial charge in [0.2, 0.25) is 5.91 Å².